The maximum absolute atomic E-state index is 12.1. The summed E-state index contributed by atoms with van der Waals surface area (Å²) in [5, 5.41) is 11.7. The largest absolute Gasteiger partial charge is 0.409 e. The zero-order valence-electron chi connectivity index (χ0n) is 11.2. The van der Waals surface area contributed by atoms with Crippen LogP contribution in [-0.2, 0) is 10.0 Å². The topological polar surface area (TPSA) is 99.2 Å². The molecule has 0 bridgehead atoms. The smallest absolute Gasteiger partial charge is 0.217 e. The lowest BCUT2D eigenvalue weighted by molar-refractivity contribution is 0.161. The van der Waals surface area contributed by atoms with Gasteiger partial charge in [0.05, 0.1) is 11.3 Å². The molecule has 1 saturated heterocycles. The number of piperazine rings is 1. The molecule has 1 heterocycles. The van der Waals surface area contributed by atoms with Crippen LogP contribution in [0.2, 0.25) is 0 Å². The molecule has 0 amide bonds. The van der Waals surface area contributed by atoms with Crippen LogP contribution < -0.4 is 5.73 Å². The SMILES string of the molecule is CCC(C(N)=NO)N1CCN(S(=O)(=O)C2CC2)CC1. The van der Waals surface area contributed by atoms with Crippen LogP contribution in [0.3, 0.4) is 0 Å². The second-order valence-corrected chi connectivity index (χ2v) is 7.34. The molecule has 1 atom stereocenters. The van der Waals surface area contributed by atoms with Gasteiger partial charge in [0.25, 0.3) is 0 Å². The fourth-order valence-electron chi connectivity index (χ4n) is 2.57. The average molecular weight is 290 g/mol. The summed E-state index contributed by atoms with van der Waals surface area (Å²) in [5.41, 5.74) is 5.66. The Balaban J connectivity index is 1.95. The van der Waals surface area contributed by atoms with E-state index >= 15 is 0 Å². The molecule has 2 fully saturated rings. The lowest BCUT2D eigenvalue weighted by Gasteiger charge is -2.37. The molecule has 1 aliphatic carbocycles. The molecule has 1 aliphatic heterocycles. The molecule has 0 aromatic heterocycles. The van der Waals surface area contributed by atoms with Crippen LogP contribution in [0.25, 0.3) is 0 Å². The van der Waals surface area contributed by atoms with Crippen molar-refractivity contribution in [1.29, 1.82) is 0 Å². The number of sulfonamides is 1. The Labute approximate surface area is 114 Å². The van der Waals surface area contributed by atoms with Crippen LogP contribution in [0.4, 0.5) is 0 Å². The van der Waals surface area contributed by atoms with Gasteiger partial charge in [0, 0.05) is 26.2 Å². The van der Waals surface area contributed by atoms with Gasteiger partial charge in [-0.1, -0.05) is 12.1 Å². The Hall–Kier alpha value is -0.860. The summed E-state index contributed by atoms with van der Waals surface area (Å²) in [6, 6.07) is -0.115. The highest BCUT2D eigenvalue weighted by Gasteiger charge is 2.41. The molecule has 19 heavy (non-hydrogen) atoms. The number of hydrogen-bond acceptors (Lipinski definition) is 5. The molecule has 0 aromatic carbocycles. The molecule has 3 N–H and O–H groups in total. The van der Waals surface area contributed by atoms with Gasteiger partial charge in [-0.3, -0.25) is 4.90 Å². The molecule has 8 heteroatoms. The van der Waals surface area contributed by atoms with Crippen molar-refractivity contribution in [3.8, 4) is 0 Å². The van der Waals surface area contributed by atoms with E-state index in [2.05, 4.69) is 10.1 Å². The fourth-order valence-corrected chi connectivity index (χ4v) is 4.39. The van der Waals surface area contributed by atoms with Gasteiger partial charge in [-0.15, -0.1) is 0 Å². The summed E-state index contributed by atoms with van der Waals surface area (Å²) in [4.78, 5) is 2.08. The molecule has 2 rings (SSSR count). The number of amidine groups is 1. The van der Waals surface area contributed by atoms with Crippen molar-refractivity contribution in [2.24, 2.45) is 10.9 Å². The van der Waals surface area contributed by atoms with E-state index in [1.165, 1.54) is 0 Å². The monoisotopic (exact) mass is 290 g/mol. The van der Waals surface area contributed by atoms with E-state index in [1.54, 1.807) is 4.31 Å². The number of rotatable bonds is 5. The van der Waals surface area contributed by atoms with Gasteiger partial charge in [-0.2, -0.15) is 4.31 Å². The number of oxime groups is 1. The van der Waals surface area contributed by atoms with Gasteiger partial charge in [-0.05, 0) is 19.3 Å². The molecule has 2 aliphatic rings. The van der Waals surface area contributed by atoms with Crippen molar-refractivity contribution < 1.29 is 13.6 Å². The minimum Gasteiger partial charge on any atom is -0.409 e. The predicted octanol–water partition coefficient (Wildman–Crippen LogP) is -0.379. The standard InChI is InChI=1S/C11H22N4O3S/c1-2-10(11(12)13-16)14-5-7-15(8-6-14)19(17,18)9-3-4-9/h9-10,16H,2-8H2,1H3,(H2,12,13). The highest BCUT2D eigenvalue weighted by Crippen LogP contribution is 2.31. The maximum Gasteiger partial charge on any atom is 0.217 e. The third-order valence-corrected chi connectivity index (χ3v) is 6.26. The summed E-state index contributed by atoms with van der Waals surface area (Å²) >= 11 is 0. The molecule has 0 radical (unpaired) electrons. The first-order chi connectivity index (χ1) is 9.00. The highest BCUT2D eigenvalue weighted by atomic mass is 32.2. The highest BCUT2D eigenvalue weighted by molar-refractivity contribution is 7.90. The van der Waals surface area contributed by atoms with Crippen LogP contribution in [0.15, 0.2) is 5.16 Å². The van der Waals surface area contributed by atoms with Crippen LogP contribution >= 0.6 is 0 Å². The minimum absolute atomic E-state index is 0.115. The van der Waals surface area contributed by atoms with E-state index < -0.39 is 10.0 Å². The van der Waals surface area contributed by atoms with Crippen molar-refractivity contribution in [3.63, 3.8) is 0 Å². The molecule has 110 valence electrons. The summed E-state index contributed by atoms with van der Waals surface area (Å²) in [5.74, 6) is 0.195. The van der Waals surface area contributed by atoms with Gasteiger partial charge in [-0.25, -0.2) is 8.42 Å². The van der Waals surface area contributed by atoms with Gasteiger partial charge in [0.1, 0.15) is 0 Å². The van der Waals surface area contributed by atoms with E-state index in [4.69, 9.17) is 10.9 Å². The first kappa shape index (κ1) is 14.5. The first-order valence-corrected chi connectivity index (χ1v) is 8.21. The van der Waals surface area contributed by atoms with Crippen molar-refractivity contribution in [3.05, 3.63) is 0 Å². The minimum atomic E-state index is -3.07. The Kier molecular flexibility index (Phi) is 4.32. The predicted molar refractivity (Wildman–Crippen MR) is 72.6 cm³/mol. The third kappa shape index (κ3) is 3.01. The van der Waals surface area contributed by atoms with E-state index in [0.717, 1.165) is 19.3 Å². The Bertz CT molecular complexity index is 439. The number of nitrogens with two attached hydrogens (primary N) is 1. The number of nitrogens with zero attached hydrogens (tertiary/aromatic N) is 3. The second kappa shape index (κ2) is 5.64. The van der Waals surface area contributed by atoms with Crippen molar-refractivity contribution in [2.45, 2.75) is 37.5 Å². The van der Waals surface area contributed by atoms with Gasteiger partial charge in [0.15, 0.2) is 5.84 Å². The molecule has 1 unspecified atom stereocenters. The van der Waals surface area contributed by atoms with Crippen LogP contribution in [-0.4, -0.2) is 66.1 Å². The zero-order valence-corrected chi connectivity index (χ0v) is 12.0. The number of hydrogen-bond donors (Lipinski definition) is 2. The molecule has 1 saturated carbocycles. The van der Waals surface area contributed by atoms with Crippen molar-refractivity contribution in [2.75, 3.05) is 26.2 Å². The second-order valence-electron chi connectivity index (χ2n) is 5.13. The van der Waals surface area contributed by atoms with E-state index in [9.17, 15) is 8.42 Å². The van der Waals surface area contributed by atoms with Gasteiger partial charge >= 0.3 is 0 Å². The summed E-state index contributed by atoms with van der Waals surface area (Å²) in [7, 11) is -3.07. The Morgan fingerprint density at radius 3 is 2.37 bits per heavy atom. The van der Waals surface area contributed by atoms with Crippen molar-refractivity contribution in [1.82, 2.24) is 9.21 Å². The lowest BCUT2D eigenvalue weighted by atomic mass is 10.1. The summed E-state index contributed by atoms with van der Waals surface area (Å²) < 4.78 is 25.8. The zero-order chi connectivity index (χ0) is 14.0. The molecule has 0 spiro atoms. The first-order valence-electron chi connectivity index (χ1n) is 6.71. The summed E-state index contributed by atoms with van der Waals surface area (Å²) in [6.07, 6.45) is 2.33. The Morgan fingerprint density at radius 1 is 1.37 bits per heavy atom. The van der Waals surface area contributed by atoms with Crippen molar-refractivity contribution >= 4 is 15.9 Å². The molecular formula is C11H22N4O3S. The van der Waals surface area contributed by atoms with Crippen LogP contribution in [0, 0.1) is 0 Å². The van der Waals surface area contributed by atoms with Gasteiger partial charge < -0.3 is 10.9 Å². The molecule has 0 aromatic rings. The molecule has 7 nitrogen and oxygen atoms in total. The Morgan fingerprint density at radius 2 is 1.95 bits per heavy atom. The molecular weight excluding hydrogens is 268 g/mol. The van der Waals surface area contributed by atoms with Crippen LogP contribution in [0.1, 0.15) is 26.2 Å². The van der Waals surface area contributed by atoms with Crippen LogP contribution in [0.5, 0.6) is 0 Å². The third-order valence-electron chi connectivity index (χ3n) is 3.86. The van der Waals surface area contributed by atoms with E-state index in [-0.39, 0.29) is 17.1 Å². The fraction of sp³-hybridized carbons (Fsp3) is 0.909. The average Bonchev–Trinajstić information content (AvgIpc) is 3.24. The van der Waals surface area contributed by atoms with E-state index in [0.29, 0.717) is 26.2 Å². The summed E-state index contributed by atoms with van der Waals surface area (Å²) in [6.45, 7) is 4.21. The maximum atomic E-state index is 12.1. The lowest BCUT2D eigenvalue weighted by Crippen LogP contribution is -2.55. The van der Waals surface area contributed by atoms with E-state index in [1.807, 2.05) is 6.92 Å². The normalized spacial score (nSPS) is 25.4. The van der Waals surface area contributed by atoms with Gasteiger partial charge in [0.2, 0.25) is 10.0 Å². The quantitative estimate of drug-likeness (QED) is 0.311.